The van der Waals surface area contributed by atoms with Crippen molar-refractivity contribution in [3.8, 4) is 0 Å². The first-order valence-corrected chi connectivity index (χ1v) is 5.28. The van der Waals surface area contributed by atoms with Crippen molar-refractivity contribution in [2.45, 2.75) is 18.3 Å². The van der Waals surface area contributed by atoms with Gasteiger partial charge in [-0.3, -0.25) is 4.79 Å². The van der Waals surface area contributed by atoms with Gasteiger partial charge >= 0.3 is 11.9 Å². The van der Waals surface area contributed by atoms with E-state index in [9.17, 15) is 9.59 Å². The summed E-state index contributed by atoms with van der Waals surface area (Å²) in [5, 5.41) is 19.5. The average molecular weight is 232 g/mol. The second-order valence-electron chi connectivity index (χ2n) is 3.20. The van der Waals surface area contributed by atoms with Crippen molar-refractivity contribution in [1.29, 1.82) is 0 Å². The third-order valence-corrected chi connectivity index (χ3v) is 3.39. The van der Waals surface area contributed by atoms with Crippen LogP contribution in [0.4, 0.5) is 0 Å². The highest BCUT2D eigenvalue weighted by molar-refractivity contribution is 8.00. The molecule has 7 heteroatoms. The van der Waals surface area contributed by atoms with Crippen molar-refractivity contribution < 1.29 is 19.8 Å². The maximum atomic E-state index is 10.8. The Morgan fingerprint density at radius 2 is 2.20 bits per heavy atom. The van der Waals surface area contributed by atoms with E-state index >= 15 is 0 Å². The van der Waals surface area contributed by atoms with Gasteiger partial charge in [0.2, 0.25) is 0 Å². The SMILES string of the molecule is CC1=C(C(=O)O)N[C@@H]([C@H](N)C(=O)O)SC1. The highest BCUT2D eigenvalue weighted by atomic mass is 32.2. The van der Waals surface area contributed by atoms with E-state index in [2.05, 4.69) is 5.32 Å². The van der Waals surface area contributed by atoms with Crippen LogP contribution in [0.15, 0.2) is 11.3 Å². The molecule has 0 saturated carbocycles. The highest BCUT2D eigenvalue weighted by Gasteiger charge is 2.30. The fourth-order valence-corrected chi connectivity index (χ4v) is 2.26. The second-order valence-corrected chi connectivity index (χ2v) is 4.33. The first-order chi connectivity index (χ1) is 6.93. The van der Waals surface area contributed by atoms with E-state index in [0.717, 1.165) is 0 Å². The standard InChI is InChI=1S/C8H12N2O4S/c1-3-2-15-6(4(9)7(11)12)10-5(3)8(13)14/h4,6,10H,2,9H2,1H3,(H,11,12)(H,13,14)/t4-,6+/m0/s1. The molecule has 0 aliphatic carbocycles. The molecule has 0 unspecified atom stereocenters. The lowest BCUT2D eigenvalue weighted by Crippen LogP contribution is -2.50. The summed E-state index contributed by atoms with van der Waals surface area (Å²) in [6, 6.07) is -1.11. The molecule has 5 N–H and O–H groups in total. The summed E-state index contributed by atoms with van der Waals surface area (Å²) in [6.07, 6.45) is 0. The van der Waals surface area contributed by atoms with Crippen LogP contribution >= 0.6 is 11.8 Å². The van der Waals surface area contributed by atoms with Crippen LogP contribution < -0.4 is 11.1 Å². The fourth-order valence-electron chi connectivity index (χ4n) is 1.16. The highest BCUT2D eigenvalue weighted by Crippen LogP contribution is 2.23. The van der Waals surface area contributed by atoms with E-state index in [-0.39, 0.29) is 5.70 Å². The Morgan fingerprint density at radius 1 is 1.60 bits per heavy atom. The molecule has 15 heavy (non-hydrogen) atoms. The fraction of sp³-hybridized carbons (Fsp3) is 0.500. The lowest BCUT2D eigenvalue weighted by atomic mass is 10.2. The Labute approximate surface area is 90.5 Å². The van der Waals surface area contributed by atoms with Crippen molar-refractivity contribution in [2.24, 2.45) is 5.73 Å². The third kappa shape index (κ3) is 2.63. The van der Waals surface area contributed by atoms with Crippen LogP contribution in [0.2, 0.25) is 0 Å². The van der Waals surface area contributed by atoms with Crippen LogP contribution in [0.25, 0.3) is 0 Å². The monoisotopic (exact) mass is 232 g/mol. The molecule has 0 spiro atoms. The molecule has 2 atom stereocenters. The minimum atomic E-state index is -1.15. The summed E-state index contributed by atoms with van der Waals surface area (Å²) in [6.45, 7) is 1.69. The van der Waals surface area contributed by atoms with E-state index < -0.39 is 23.4 Å². The quantitative estimate of drug-likeness (QED) is 0.515. The number of nitrogens with one attached hydrogen (secondary N) is 1. The minimum absolute atomic E-state index is 0.0513. The minimum Gasteiger partial charge on any atom is -0.480 e. The molecule has 1 rings (SSSR count). The van der Waals surface area contributed by atoms with E-state index in [1.807, 2.05) is 0 Å². The lowest BCUT2D eigenvalue weighted by Gasteiger charge is -2.28. The summed E-state index contributed by atoms with van der Waals surface area (Å²) in [5.74, 6) is -1.76. The smallest absolute Gasteiger partial charge is 0.351 e. The number of hydrogen-bond donors (Lipinski definition) is 4. The largest absolute Gasteiger partial charge is 0.480 e. The van der Waals surface area contributed by atoms with E-state index in [1.54, 1.807) is 6.92 Å². The van der Waals surface area contributed by atoms with Crippen molar-refractivity contribution in [1.82, 2.24) is 5.32 Å². The number of carboxylic acid groups (broad SMARTS) is 2. The Hall–Kier alpha value is -1.21. The zero-order chi connectivity index (χ0) is 11.6. The van der Waals surface area contributed by atoms with Crippen molar-refractivity contribution in [2.75, 3.05) is 5.75 Å². The van der Waals surface area contributed by atoms with Crippen molar-refractivity contribution >= 4 is 23.7 Å². The summed E-state index contributed by atoms with van der Waals surface area (Å²) in [7, 11) is 0. The number of carboxylic acids is 2. The Kier molecular flexibility index (Phi) is 3.59. The zero-order valence-electron chi connectivity index (χ0n) is 8.06. The Balaban J connectivity index is 2.79. The van der Waals surface area contributed by atoms with E-state index in [0.29, 0.717) is 11.3 Å². The van der Waals surface area contributed by atoms with Crippen LogP contribution in [-0.4, -0.2) is 39.3 Å². The number of aliphatic carboxylic acids is 2. The van der Waals surface area contributed by atoms with Crippen LogP contribution in [-0.2, 0) is 9.59 Å². The van der Waals surface area contributed by atoms with E-state index in [1.165, 1.54) is 11.8 Å². The molecular weight excluding hydrogens is 220 g/mol. The summed E-state index contributed by atoms with van der Waals surface area (Å²) in [4.78, 5) is 21.4. The molecule has 0 bridgehead atoms. The molecule has 84 valence electrons. The topological polar surface area (TPSA) is 113 Å². The lowest BCUT2D eigenvalue weighted by molar-refractivity contribution is -0.139. The summed E-state index contributed by atoms with van der Waals surface area (Å²) >= 11 is 1.29. The van der Waals surface area contributed by atoms with Gasteiger partial charge in [0.15, 0.2) is 0 Å². The molecule has 0 amide bonds. The van der Waals surface area contributed by atoms with Gasteiger partial charge < -0.3 is 21.3 Å². The van der Waals surface area contributed by atoms with Gasteiger partial charge in [-0.05, 0) is 12.5 Å². The third-order valence-electron chi connectivity index (χ3n) is 2.02. The normalized spacial score (nSPS) is 23.2. The molecule has 0 aromatic rings. The maximum absolute atomic E-state index is 10.8. The molecule has 6 nitrogen and oxygen atoms in total. The molecule has 0 fully saturated rings. The van der Waals surface area contributed by atoms with Gasteiger partial charge in [-0.2, -0.15) is 0 Å². The zero-order valence-corrected chi connectivity index (χ0v) is 8.87. The number of nitrogens with two attached hydrogens (primary N) is 1. The number of thioether (sulfide) groups is 1. The van der Waals surface area contributed by atoms with Crippen LogP contribution in [0.5, 0.6) is 0 Å². The van der Waals surface area contributed by atoms with Gasteiger partial charge in [0.1, 0.15) is 11.7 Å². The number of rotatable bonds is 3. The van der Waals surface area contributed by atoms with Gasteiger partial charge in [0.25, 0.3) is 0 Å². The second kappa shape index (κ2) is 4.54. The van der Waals surface area contributed by atoms with Crippen LogP contribution in [0.1, 0.15) is 6.92 Å². The van der Waals surface area contributed by atoms with Gasteiger partial charge in [-0.15, -0.1) is 11.8 Å². The molecule has 0 aromatic carbocycles. The molecule has 1 aliphatic rings. The Morgan fingerprint density at radius 3 is 2.67 bits per heavy atom. The number of hydrogen-bond acceptors (Lipinski definition) is 5. The molecule has 0 radical (unpaired) electrons. The van der Waals surface area contributed by atoms with Gasteiger partial charge in [0.05, 0.1) is 5.37 Å². The predicted molar refractivity (Wildman–Crippen MR) is 55.3 cm³/mol. The van der Waals surface area contributed by atoms with Crippen molar-refractivity contribution in [3.63, 3.8) is 0 Å². The number of carbonyl (C=O) groups is 2. The van der Waals surface area contributed by atoms with Crippen molar-refractivity contribution in [3.05, 3.63) is 11.3 Å². The van der Waals surface area contributed by atoms with Crippen LogP contribution in [0, 0.1) is 0 Å². The molecular formula is C8H12N2O4S. The maximum Gasteiger partial charge on any atom is 0.351 e. The van der Waals surface area contributed by atoms with Crippen LogP contribution in [0.3, 0.4) is 0 Å². The summed E-state index contributed by atoms with van der Waals surface area (Å²) < 4.78 is 0. The predicted octanol–water partition coefficient (Wildman–Crippen LogP) is -0.581. The molecule has 0 aromatic heterocycles. The molecule has 1 heterocycles. The van der Waals surface area contributed by atoms with Gasteiger partial charge in [-0.1, -0.05) is 0 Å². The molecule has 1 aliphatic heterocycles. The molecule has 0 saturated heterocycles. The first kappa shape index (κ1) is 11.9. The summed E-state index contributed by atoms with van der Waals surface area (Å²) in [5.41, 5.74) is 6.13. The van der Waals surface area contributed by atoms with Gasteiger partial charge in [-0.25, -0.2) is 4.79 Å². The van der Waals surface area contributed by atoms with E-state index in [4.69, 9.17) is 15.9 Å². The van der Waals surface area contributed by atoms with Gasteiger partial charge in [0, 0.05) is 5.75 Å². The Bertz CT molecular complexity index is 329. The first-order valence-electron chi connectivity index (χ1n) is 4.23. The average Bonchev–Trinajstić information content (AvgIpc) is 2.16.